The summed E-state index contributed by atoms with van der Waals surface area (Å²) in [5.74, 6) is -0.239. The van der Waals surface area contributed by atoms with E-state index >= 15 is 0 Å². The van der Waals surface area contributed by atoms with Crippen molar-refractivity contribution in [1.82, 2.24) is 5.32 Å². The second-order valence-electron chi connectivity index (χ2n) is 4.35. The molecule has 0 aliphatic carbocycles. The van der Waals surface area contributed by atoms with E-state index < -0.39 is 0 Å². The molecule has 19 heavy (non-hydrogen) atoms. The highest BCUT2D eigenvalue weighted by atomic mass is 16.5. The average Bonchev–Trinajstić information content (AvgIpc) is 2.48. The standard InChI is InChI=1S/C16H23NO2/c1-4-13(16(18)19-3)11-12-17-15(5-2)14-9-7-6-8-10-14/h6-11,15,17H,4-5,12H2,1-3H3/b13-11-. The lowest BCUT2D eigenvalue weighted by Crippen LogP contribution is -2.21. The molecule has 104 valence electrons. The van der Waals surface area contributed by atoms with Crippen LogP contribution in [0.25, 0.3) is 0 Å². The zero-order valence-electron chi connectivity index (χ0n) is 12.0. The molecule has 0 heterocycles. The molecule has 1 unspecified atom stereocenters. The van der Waals surface area contributed by atoms with E-state index in [0.717, 1.165) is 12.0 Å². The van der Waals surface area contributed by atoms with Gasteiger partial charge in [-0.25, -0.2) is 4.79 Å². The average molecular weight is 261 g/mol. The van der Waals surface area contributed by atoms with Crippen molar-refractivity contribution in [2.24, 2.45) is 0 Å². The highest BCUT2D eigenvalue weighted by Crippen LogP contribution is 2.15. The topological polar surface area (TPSA) is 38.3 Å². The Labute approximate surface area is 115 Å². The second kappa shape index (κ2) is 8.48. The first-order valence-corrected chi connectivity index (χ1v) is 6.78. The Morgan fingerprint density at radius 1 is 1.32 bits per heavy atom. The third-order valence-corrected chi connectivity index (χ3v) is 3.15. The number of hydrogen-bond donors (Lipinski definition) is 1. The minimum Gasteiger partial charge on any atom is -0.466 e. The zero-order valence-corrected chi connectivity index (χ0v) is 12.0. The van der Waals surface area contributed by atoms with Crippen molar-refractivity contribution in [3.8, 4) is 0 Å². The van der Waals surface area contributed by atoms with Crippen molar-refractivity contribution >= 4 is 5.97 Å². The van der Waals surface area contributed by atoms with Gasteiger partial charge in [-0.1, -0.05) is 50.3 Å². The van der Waals surface area contributed by atoms with Crippen molar-refractivity contribution < 1.29 is 9.53 Å². The quantitative estimate of drug-likeness (QED) is 0.605. The maximum Gasteiger partial charge on any atom is 0.333 e. The van der Waals surface area contributed by atoms with Gasteiger partial charge in [0.05, 0.1) is 7.11 Å². The lowest BCUT2D eigenvalue weighted by atomic mass is 10.0. The molecule has 3 nitrogen and oxygen atoms in total. The van der Waals surface area contributed by atoms with Crippen LogP contribution in [0, 0.1) is 0 Å². The number of hydrogen-bond acceptors (Lipinski definition) is 3. The molecule has 0 aliphatic heterocycles. The van der Waals surface area contributed by atoms with Crippen LogP contribution in [0.2, 0.25) is 0 Å². The van der Waals surface area contributed by atoms with E-state index in [1.807, 2.05) is 31.2 Å². The molecular formula is C16H23NO2. The number of carbonyl (C=O) groups is 1. The molecule has 0 spiro atoms. The first kappa shape index (κ1) is 15.4. The molecule has 1 rings (SSSR count). The van der Waals surface area contributed by atoms with Crippen molar-refractivity contribution in [1.29, 1.82) is 0 Å². The largest absolute Gasteiger partial charge is 0.466 e. The Hall–Kier alpha value is -1.61. The smallest absolute Gasteiger partial charge is 0.333 e. The maximum atomic E-state index is 11.4. The van der Waals surface area contributed by atoms with Gasteiger partial charge in [-0.05, 0) is 18.4 Å². The molecule has 1 N–H and O–H groups in total. The number of rotatable bonds is 7. The molecule has 1 aromatic rings. The van der Waals surface area contributed by atoms with Crippen LogP contribution in [-0.2, 0) is 9.53 Å². The monoisotopic (exact) mass is 261 g/mol. The SMILES string of the molecule is CC/C(=C/CNC(CC)c1ccccc1)C(=O)OC. The molecule has 0 aromatic heterocycles. The van der Waals surface area contributed by atoms with Gasteiger partial charge in [0, 0.05) is 18.2 Å². The predicted molar refractivity (Wildman–Crippen MR) is 77.9 cm³/mol. The van der Waals surface area contributed by atoms with E-state index in [1.54, 1.807) is 0 Å². The number of benzene rings is 1. The fourth-order valence-corrected chi connectivity index (χ4v) is 2.01. The van der Waals surface area contributed by atoms with Crippen molar-refractivity contribution in [3.63, 3.8) is 0 Å². The van der Waals surface area contributed by atoms with E-state index in [4.69, 9.17) is 4.74 Å². The van der Waals surface area contributed by atoms with Gasteiger partial charge in [0.15, 0.2) is 0 Å². The van der Waals surface area contributed by atoms with Crippen LogP contribution in [0.1, 0.15) is 38.3 Å². The Morgan fingerprint density at radius 2 is 2.00 bits per heavy atom. The zero-order chi connectivity index (χ0) is 14.1. The highest BCUT2D eigenvalue weighted by molar-refractivity contribution is 5.88. The van der Waals surface area contributed by atoms with Crippen LogP contribution >= 0.6 is 0 Å². The molecule has 0 radical (unpaired) electrons. The first-order valence-electron chi connectivity index (χ1n) is 6.78. The number of ether oxygens (including phenoxy) is 1. The Bertz CT molecular complexity index is 412. The second-order valence-corrected chi connectivity index (χ2v) is 4.35. The van der Waals surface area contributed by atoms with E-state index in [1.165, 1.54) is 12.7 Å². The van der Waals surface area contributed by atoms with Crippen LogP contribution in [0.3, 0.4) is 0 Å². The molecule has 0 bridgehead atoms. The molecule has 0 saturated heterocycles. The molecule has 1 atom stereocenters. The lowest BCUT2D eigenvalue weighted by molar-refractivity contribution is -0.136. The van der Waals surface area contributed by atoms with Gasteiger partial charge in [0.25, 0.3) is 0 Å². The normalized spacial score (nSPS) is 13.1. The van der Waals surface area contributed by atoms with Crippen LogP contribution in [0.5, 0.6) is 0 Å². The summed E-state index contributed by atoms with van der Waals surface area (Å²) in [5, 5.41) is 3.45. The van der Waals surface area contributed by atoms with Gasteiger partial charge < -0.3 is 10.1 Å². The molecular weight excluding hydrogens is 238 g/mol. The van der Waals surface area contributed by atoms with Gasteiger partial charge in [-0.15, -0.1) is 0 Å². The number of carbonyl (C=O) groups excluding carboxylic acids is 1. The molecule has 1 aromatic carbocycles. The minimum absolute atomic E-state index is 0.239. The van der Waals surface area contributed by atoms with Gasteiger partial charge in [-0.2, -0.15) is 0 Å². The summed E-state index contributed by atoms with van der Waals surface area (Å²) in [4.78, 5) is 11.4. The van der Waals surface area contributed by atoms with Crippen LogP contribution in [0.15, 0.2) is 42.0 Å². The van der Waals surface area contributed by atoms with Crippen LogP contribution < -0.4 is 5.32 Å². The molecule has 0 aliphatic rings. The van der Waals surface area contributed by atoms with Crippen LogP contribution in [0.4, 0.5) is 0 Å². The van der Waals surface area contributed by atoms with Crippen molar-refractivity contribution in [2.45, 2.75) is 32.7 Å². The summed E-state index contributed by atoms with van der Waals surface area (Å²) < 4.78 is 4.74. The fourth-order valence-electron chi connectivity index (χ4n) is 2.01. The summed E-state index contributed by atoms with van der Waals surface area (Å²) in [6.07, 6.45) is 3.62. The summed E-state index contributed by atoms with van der Waals surface area (Å²) in [6.45, 7) is 4.78. The highest BCUT2D eigenvalue weighted by Gasteiger charge is 2.09. The van der Waals surface area contributed by atoms with E-state index in [-0.39, 0.29) is 5.97 Å². The lowest BCUT2D eigenvalue weighted by Gasteiger charge is -2.16. The third-order valence-electron chi connectivity index (χ3n) is 3.15. The summed E-state index contributed by atoms with van der Waals surface area (Å²) >= 11 is 0. The summed E-state index contributed by atoms with van der Waals surface area (Å²) in [6, 6.07) is 10.6. The van der Waals surface area contributed by atoms with Gasteiger partial charge >= 0.3 is 5.97 Å². The molecule has 0 fully saturated rings. The third kappa shape index (κ3) is 4.87. The van der Waals surface area contributed by atoms with Gasteiger partial charge in [0.2, 0.25) is 0 Å². The fraction of sp³-hybridized carbons (Fsp3) is 0.438. The molecule has 0 saturated carbocycles. The van der Waals surface area contributed by atoms with E-state index in [9.17, 15) is 4.79 Å². The minimum atomic E-state index is -0.239. The first-order chi connectivity index (χ1) is 9.22. The Morgan fingerprint density at radius 3 is 2.53 bits per heavy atom. The summed E-state index contributed by atoms with van der Waals surface area (Å²) in [7, 11) is 1.41. The predicted octanol–water partition coefficient (Wildman–Crippen LogP) is 3.24. The number of methoxy groups -OCH3 is 1. The summed E-state index contributed by atoms with van der Waals surface area (Å²) in [5.41, 5.74) is 1.99. The molecule has 3 heteroatoms. The van der Waals surface area contributed by atoms with E-state index in [2.05, 4.69) is 24.4 Å². The van der Waals surface area contributed by atoms with Crippen molar-refractivity contribution in [2.75, 3.05) is 13.7 Å². The van der Waals surface area contributed by atoms with Gasteiger partial charge in [0.1, 0.15) is 0 Å². The van der Waals surface area contributed by atoms with Gasteiger partial charge in [-0.3, -0.25) is 0 Å². The van der Waals surface area contributed by atoms with Crippen LogP contribution in [-0.4, -0.2) is 19.6 Å². The number of nitrogens with one attached hydrogen (secondary N) is 1. The Kier molecular flexibility index (Phi) is 6.90. The number of esters is 1. The molecule has 0 amide bonds. The van der Waals surface area contributed by atoms with E-state index in [0.29, 0.717) is 19.0 Å². The van der Waals surface area contributed by atoms with Crippen molar-refractivity contribution in [3.05, 3.63) is 47.5 Å². The maximum absolute atomic E-state index is 11.4. The Balaban J connectivity index is 2.59.